The Bertz CT molecular complexity index is 120. The second kappa shape index (κ2) is 8.28. The molecule has 2 atom stereocenters. The van der Waals surface area contributed by atoms with Crippen LogP contribution in [0.3, 0.4) is 0 Å². The first-order chi connectivity index (χ1) is 6.60. The van der Waals surface area contributed by atoms with Gasteiger partial charge in [0.05, 0.1) is 0 Å². The van der Waals surface area contributed by atoms with Gasteiger partial charge >= 0.3 is 0 Å². The van der Waals surface area contributed by atoms with Crippen molar-refractivity contribution in [1.82, 2.24) is 5.32 Å². The van der Waals surface area contributed by atoms with E-state index in [-0.39, 0.29) is 0 Å². The summed E-state index contributed by atoms with van der Waals surface area (Å²) >= 11 is 0. The zero-order valence-corrected chi connectivity index (χ0v) is 10.8. The minimum Gasteiger partial charge on any atom is -0.314 e. The molecule has 86 valence electrons. The lowest BCUT2D eigenvalue weighted by Gasteiger charge is -2.23. The van der Waals surface area contributed by atoms with Gasteiger partial charge in [0.1, 0.15) is 0 Å². The van der Waals surface area contributed by atoms with Crippen LogP contribution in [0.4, 0.5) is 0 Å². The summed E-state index contributed by atoms with van der Waals surface area (Å²) in [6.45, 7) is 12.6. The molecule has 0 saturated heterocycles. The van der Waals surface area contributed by atoms with Crippen molar-refractivity contribution in [2.24, 2.45) is 11.8 Å². The van der Waals surface area contributed by atoms with Crippen molar-refractivity contribution in [2.75, 3.05) is 6.54 Å². The van der Waals surface area contributed by atoms with E-state index in [9.17, 15) is 0 Å². The Morgan fingerprint density at radius 2 is 1.64 bits per heavy atom. The Labute approximate surface area is 90.7 Å². The highest BCUT2D eigenvalue weighted by Crippen LogP contribution is 2.17. The number of hydrogen-bond donors (Lipinski definition) is 1. The van der Waals surface area contributed by atoms with Crippen LogP contribution in [0.2, 0.25) is 0 Å². The van der Waals surface area contributed by atoms with E-state index >= 15 is 0 Å². The summed E-state index contributed by atoms with van der Waals surface area (Å²) in [5.41, 5.74) is 0. The van der Waals surface area contributed by atoms with Crippen molar-refractivity contribution < 1.29 is 0 Å². The molecule has 1 nitrogen and oxygen atoms in total. The van der Waals surface area contributed by atoms with E-state index in [1.54, 1.807) is 0 Å². The molecule has 0 heterocycles. The van der Waals surface area contributed by atoms with Gasteiger partial charge in [0.2, 0.25) is 0 Å². The fourth-order valence-electron chi connectivity index (χ4n) is 2.22. The Hall–Kier alpha value is -0.0400. The quantitative estimate of drug-likeness (QED) is 0.626. The molecule has 0 aliphatic carbocycles. The minimum atomic E-state index is 0.738. The van der Waals surface area contributed by atoms with E-state index in [2.05, 4.69) is 39.9 Å². The molecule has 0 aromatic rings. The molecule has 0 fully saturated rings. The normalized spacial score (nSPS) is 15.9. The highest BCUT2D eigenvalue weighted by molar-refractivity contribution is 4.70. The maximum absolute atomic E-state index is 3.60. The first-order valence-electron chi connectivity index (χ1n) is 6.33. The molecule has 2 unspecified atom stereocenters. The molecule has 0 spiro atoms. The van der Waals surface area contributed by atoms with E-state index < -0.39 is 0 Å². The largest absolute Gasteiger partial charge is 0.314 e. The predicted octanol–water partition coefficient (Wildman–Crippen LogP) is 3.84. The van der Waals surface area contributed by atoms with Crippen LogP contribution in [0.15, 0.2) is 0 Å². The van der Waals surface area contributed by atoms with Crippen LogP contribution < -0.4 is 5.32 Å². The van der Waals surface area contributed by atoms with E-state index in [0.29, 0.717) is 0 Å². The molecule has 0 saturated carbocycles. The summed E-state index contributed by atoms with van der Waals surface area (Å²) in [4.78, 5) is 0. The molecule has 1 N–H and O–H groups in total. The Morgan fingerprint density at radius 3 is 2.07 bits per heavy atom. The predicted molar refractivity (Wildman–Crippen MR) is 65.6 cm³/mol. The van der Waals surface area contributed by atoms with E-state index in [1.807, 2.05) is 0 Å². The van der Waals surface area contributed by atoms with Crippen LogP contribution in [0.5, 0.6) is 0 Å². The summed E-state index contributed by atoms with van der Waals surface area (Å²) in [6, 6.07) is 0.738. The van der Waals surface area contributed by atoms with Gasteiger partial charge in [-0.15, -0.1) is 0 Å². The van der Waals surface area contributed by atoms with Gasteiger partial charge in [0, 0.05) is 6.04 Å². The highest BCUT2D eigenvalue weighted by Gasteiger charge is 2.12. The summed E-state index contributed by atoms with van der Waals surface area (Å²) in [7, 11) is 0. The smallest absolute Gasteiger partial charge is 0.00719 e. The topological polar surface area (TPSA) is 12.0 Å². The lowest BCUT2D eigenvalue weighted by atomic mass is 9.92. The first-order valence-corrected chi connectivity index (χ1v) is 6.33. The van der Waals surface area contributed by atoms with Gasteiger partial charge in [0.15, 0.2) is 0 Å². The van der Waals surface area contributed by atoms with Crippen molar-refractivity contribution in [1.29, 1.82) is 0 Å². The van der Waals surface area contributed by atoms with Gasteiger partial charge in [-0.2, -0.15) is 0 Å². The van der Waals surface area contributed by atoms with Crippen LogP contribution in [-0.2, 0) is 0 Å². The number of nitrogens with one attached hydrogen (secondary N) is 1. The van der Waals surface area contributed by atoms with Gasteiger partial charge in [-0.3, -0.25) is 0 Å². The molecular weight excluding hydrogens is 170 g/mol. The average Bonchev–Trinajstić information content (AvgIpc) is 2.03. The lowest BCUT2D eigenvalue weighted by Crippen LogP contribution is -2.31. The summed E-state index contributed by atoms with van der Waals surface area (Å²) in [5.74, 6) is 1.69. The SMILES string of the molecule is CCCC(C)CC(CC(C)C)NCC. The minimum absolute atomic E-state index is 0.738. The Kier molecular flexibility index (Phi) is 8.26. The van der Waals surface area contributed by atoms with Crippen molar-refractivity contribution in [3.63, 3.8) is 0 Å². The standard InChI is InChI=1S/C13H29N/c1-6-8-12(5)10-13(14-7-2)9-11(3)4/h11-14H,6-10H2,1-5H3. The van der Waals surface area contributed by atoms with Gasteiger partial charge in [-0.05, 0) is 31.2 Å². The number of rotatable bonds is 8. The molecular formula is C13H29N. The van der Waals surface area contributed by atoms with Crippen LogP contribution in [0.25, 0.3) is 0 Å². The summed E-state index contributed by atoms with van der Waals surface area (Å²) < 4.78 is 0. The maximum Gasteiger partial charge on any atom is 0.00719 e. The zero-order chi connectivity index (χ0) is 11.0. The molecule has 0 aliphatic heterocycles. The van der Waals surface area contributed by atoms with E-state index in [1.165, 1.54) is 25.7 Å². The van der Waals surface area contributed by atoms with Gasteiger partial charge in [-0.25, -0.2) is 0 Å². The monoisotopic (exact) mass is 199 g/mol. The molecule has 0 bridgehead atoms. The van der Waals surface area contributed by atoms with Gasteiger partial charge < -0.3 is 5.32 Å². The Balaban J connectivity index is 3.81. The van der Waals surface area contributed by atoms with Crippen LogP contribution in [0, 0.1) is 11.8 Å². The fourth-order valence-corrected chi connectivity index (χ4v) is 2.22. The number of hydrogen-bond acceptors (Lipinski definition) is 1. The molecule has 1 heteroatoms. The third kappa shape index (κ3) is 7.37. The first kappa shape index (κ1) is 14.0. The van der Waals surface area contributed by atoms with Gasteiger partial charge in [0.25, 0.3) is 0 Å². The zero-order valence-electron chi connectivity index (χ0n) is 10.8. The Morgan fingerprint density at radius 1 is 1.00 bits per heavy atom. The second-order valence-electron chi connectivity index (χ2n) is 5.01. The van der Waals surface area contributed by atoms with Gasteiger partial charge in [-0.1, -0.05) is 47.5 Å². The highest BCUT2D eigenvalue weighted by atomic mass is 14.9. The van der Waals surface area contributed by atoms with Crippen molar-refractivity contribution >= 4 is 0 Å². The van der Waals surface area contributed by atoms with Crippen molar-refractivity contribution in [3.8, 4) is 0 Å². The molecule has 0 aromatic heterocycles. The van der Waals surface area contributed by atoms with Crippen molar-refractivity contribution in [3.05, 3.63) is 0 Å². The van der Waals surface area contributed by atoms with E-state index in [0.717, 1.165) is 24.4 Å². The molecule has 14 heavy (non-hydrogen) atoms. The maximum atomic E-state index is 3.60. The third-order valence-electron chi connectivity index (χ3n) is 2.72. The molecule has 0 rings (SSSR count). The van der Waals surface area contributed by atoms with Crippen LogP contribution in [-0.4, -0.2) is 12.6 Å². The van der Waals surface area contributed by atoms with E-state index in [4.69, 9.17) is 0 Å². The summed E-state index contributed by atoms with van der Waals surface area (Å²) in [5, 5.41) is 3.60. The van der Waals surface area contributed by atoms with Crippen LogP contribution >= 0.6 is 0 Å². The third-order valence-corrected chi connectivity index (χ3v) is 2.72. The molecule has 0 aliphatic rings. The summed E-state index contributed by atoms with van der Waals surface area (Å²) in [6.07, 6.45) is 5.36. The van der Waals surface area contributed by atoms with Crippen molar-refractivity contribution in [2.45, 2.75) is 66.3 Å². The molecule has 0 aromatic carbocycles. The molecule has 0 amide bonds. The fraction of sp³-hybridized carbons (Fsp3) is 1.00. The molecule has 0 radical (unpaired) electrons. The lowest BCUT2D eigenvalue weighted by molar-refractivity contribution is 0.342. The average molecular weight is 199 g/mol. The van der Waals surface area contributed by atoms with Crippen LogP contribution in [0.1, 0.15) is 60.3 Å². The second-order valence-corrected chi connectivity index (χ2v) is 5.01.